The smallest absolute Gasteiger partial charge is 0.372 e. The number of alkyl halides is 6. The first-order chi connectivity index (χ1) is 19.0. The van der Waals surface area contributed by atoms with Gasteiger partial charge in [0.05, 0.1) is 10.6 Å². The fraction of sp³-hybridized carbons (Fsp3) is 0.370. The molecule has 2 aliphatic rings. The van der Waals surface area contributed by atoms with Crippen molar-refractivity contribution >= 4 is 21.3 Å². The molecule has 222 valence electrons. The molecule has 0 spiro atoms. The molecule has 2 aromatic carbocycles. The second-order valence-corrected chi connectivity index (χ2v) is 12.0. The van der Waals surface area contributed by atoms with Crippen LogP contribution in [0.25, 0.3) is 5.57 Å². The first-order valence-corrected chi connectivity index (χ1v) is 14.0. The van der Waals surface area contributed by atoms with Crippen LogP contribution in [0.2, 0.25) is 0 Å². The van der Waals surface area contributed by atoms with Gasteiger partial charge in [0, 0.05) is 12.1 Å². The highest BCUT2D eigenvalue weighted by Crippen LogP contribution is 2.52. The lowest BCUT2D eigenvalue weighted by Crippen LogP contribution is -2.76. The van der Waals surface area contributed by atoms with Crippen molar-refractivity contribution < 1.29 is 49.1 Å². The molecule has 1 amide bonds. The SMILES string of the molecule is CCS(=O)(=O)c1ccc2c(c1)CCNC2C(=O)NC1(C(O)(C(F)(F)F)C(F)(F)F)C=CC(c2ccccc2F)=CC1. The molecule has 3 N–H and O–H groups in total. The van der Waals surface area contributed by atoms with Crippen LogP contribution in [0.4, 0.5) is 30.7 Å². The largest absolute Gasteiger partial charge is 0.429 e. The maximum absolute atomic E-state index is 14.3. The number of allylic oxidation sites excluding steroid dienone is 2. The van der Waals surface area contributed by atoms with E-state index in [-0.39, 0.29) is 40.3 Å². The molecule has 1 aliphatic heterocycles. The molecule has 0 saturated heterocycles. The van der Waals surface area contributed by atoms with E-state index in [1.54, 1.807) is 5.32 Å². The maximum atomic E-state index is 14.3. The van der Waals surface area contributed by atoms with Gasteiger partial charge in [-0.2, -0.15) is 26.3 Å². The fourth-order valence-electron chi connectivity index (χ4n) is 5.08. The number of hydrogen-bond donors (Lipinski definition) is 3. The molecular weight excluding hydrogens is 581 g/mol. The highest BCUT2D eigenvalue weighted by atomic mass is 32.2. The van der Waals surface area contributed by atoms with Crippen molar-refractivity contribution in [1.29, 1.82) is 0 Å². The summed E-state index contributed by atoms with van der Waals surface area (Å²) < 4.78 is 124. The molecule has 2 unspecified atom stereocenters. The first kappa shape index (κ1) is 30.7. The fourth-order valence-corrected chi connectivity index (χ4v) is 6.01. The molecule has 1 heterocycles. The molecule has 6 nitrogen and oxygen atoms in total. The number of sulfone groups is 1. The van der Waals surface area contributed by atoms with Crippen molar-refractivity contribution in [1.82, 2.24) is 10.6 Å². The number of hydrogen-bond acceptors (Lipinski definition) is 5. The summed E-state index contributed by atoms with van der Waals surface area (Å²) in [6.45, 7) is 1.49. The van der Waals surface area contributed by atoms with E-state index in [2.05, 4.69) is 5.32 Å². The van der Waals surface area contributed by atoms with Crippen molar-refractivity contribution in [2.24, 2.45) is 0 Å². The lowest BCUT2D eigenvalue weighted by atomic mass is 9.72. The quantitative estimate of drug-likeness (QED) is 0.420. The van der Waals surface area contributed by atoms with Crippen LogP contribution in [0.3, 0.4) is 0 Å². The molecule has 0 fully saturated rings. The normalized spacial score (nSPS) is 21.7. The van der Waals surface area contributed by atoms with Gasteiger partial charge in [-0.05, 0) is 47.7 Å². The molecule has 0 saturated carbocycles. The second kappa shape index (κ2) is 10.6. The molecule has 4 rings (SSSR count). The number of rotatable bonds is 6. The Bertz CT molecular complexity index is 1500. The summed E-state index contributed by atoms with van der Waals surface area (Å²) in [6, 6.07) is 7.41. The summed E-state index contributed by atoms with van der Waals surface area (Å²) in [5.74, 6) is -2.32. The van der Waals surface area contributed by atoms with Gasteiger partial charge < -0.3 is 15.7 Å². The van der Waals surface area contributed by atoms with Crippen molar-refractivity contribution in [2.75, 3.05) is 12.3 Å². The third-order valence-corrected chi connectivity index (χ3v) is 9.09. The predicted octanol–water partition coefficient (Wildman–Crippen LogP) is 4.56. The summed E-state index contributed by atoms with van der Waals surface area (Å²) in [6.07, 6.45) is -11.5. The lowest BCUT2D eigenvalue weighted by Gasteiger charge is -2.48. The van der Waals surface area contributed by atoms with E-state index in [4.69, 9.17) is 0 Å². The Labute approximate surface area is 230 Å². The van der Waals surface area contributed by atoms with Crippen molar-refractivity contribution in [3.05, 3.63) is 83.2 Å². The van der Waals surface area contributed by atoms with Gasteiger partial charge in [-0.1, -0.05) is 49.4 Å². The van der Waals surface area contributed by atoms with Gasteiger partial charge in [0.2, 0.25) is 5.91 Å². The van der Waals surface area contributed by atoms with E-state index in [1.165, 1.54) is 43.3 Å². The van der Waals surface area contributed by atoms with E-state index < -0.39 is 57.5 Å². The van der Waals surface area contributed by atoms with Crippen LogP contribution in [0.15, 0.2) is 65.6 Å². The minimum Gasteiger partial charge on any atom is -0.372 e. The third kappa shape index (κ3) is 5.28. The van der Waals surface area contributed by atoms with E-state index in [9.17, 15) is 49.1 Å². The van der Waals surface area contributed by atoms with Gasteiger partial charge >= 0.3 is 12.4 Å². The molecule has 2 atom stereocenters. The van der Waals surface area contributed by atoms with Crippen molar-refractivity contribution in [3.8, 4) is 0 Å². The Kier molecular flexibility index (Phi) is 7.91. The average molecular weight is 607 g/mol. The number of amides is 1. The number of carbonyl (C=O) groups excluding carboxylic acids is 1. The van der Waals surface area contributed by atoms with E-state index >= 15 is 0 Å². The summed E-state index contributed by atoms with van der Waals surface area (Å²) >= 11 is 0. The monoisotopic (exact) mass is 606 g/mol. The van der Waals surface area contributed by atoms with Crippen molar-refractivity contribution in [2.45, 2.75) is 54.2 Å². The number of benzene rings is 2. The predicted molar refractivity (Wildman–Crippen MR) is 135 cm³/mol. The molecule has 41 heavy (non-hydrogen) atoms. The van der Waals surface area contributed by atoms with Crippen LogP contribution in [-0.2, 0) is 21.1 Å². The number of nitrogens with one attached hydrogen (secondary N) is 2. The van der Waals surface area contributed by atoms with Gasteiger partial charge in [-0.25, -0.2) is 12.8 Å². The van der Waals surface area contributed by atoms with Crippen LogP contribution in [0, 0.1) is 5.82 Å². The minimum absolute atomic E-state index is 0.0409. The zero-order chi connectivity index (χ0) is 30.4. The topological polar surface area (TPSA) is 95.5 Å². The maximum Gasteiger partial charge on any atom is 0.429 e. The number of halogens is 7. The Morgan fingerprint density at radius 3 is 2.32 bits per heavy atom. The van der Waals surface area contributed by atoms with E-state index in [0.717, 1.165) is 18.2 Å². The molecule has 0 aromatic heterocycles. The van der Waals surface area contributed by atoms with Crippen LogP contribution in [-0.4, -0.2) is 55.2 Å². The lowest BCUT2D eigenvalue weighted by molar-refractivity contribution is -0.385. The van der Waals surface area contributed by atoms with E-state index in [1.807, 2.05) is 0 Å². The van der Waals surface area contributed by atoms with Crippen molar-refractivity contribution in [3.63, 3.8) is 0 Å². The van der Waals surface area contributed by atoms with Crippen LogP contribution in [0.5, 0.6) is 0 Å². The molecule has 14 heteroatoms. The number of aliphatic hydroxyl groups is 1. The molecule has 0 bridgehead atoms. The molecule has 2 aromatic rings. The average Bonchev–Trinajstić information content (AvgIpc) is 2.91. The minimum atomic E-state index is -6.30. The Balaban J connectivity index is 1.78. The zero-order valence-corrected chi connectivity index (χ0v) is 22.2. The van der Waals surface area contributed by atoms with Crippen LogP contribution >= 0.6 is 0 Å². The van der Waals surface area contributed by atoms with Gasteiger partial charge in [0.15, 0.2) is 9.84 Å². The Morgan fingerprint density at radius 2 is 1.76 bits per heavy atom. The molecule has 0 radical (unpaired) electrons. The van der Waals surface area contributed by atoms with Gasteiger partial charge in [0.1, 0.15) is 17.4 Å². The highest BCUT2D eigenvalue weighted by molar-refractivity contribution is 7.91. The summed E-state index contributed by atoms with van der Waals surface area (Å²) in [4.78, 5) is 13.4. The number of fused-ring (bicyclic) bond motifs is 1. The van der Waals surface area contributed by atoms with Gasteiger partial charge in [-0.15, -0.1) is 0 Å². The zero-order valence-electron chi connectivity index (χ0n) is 21.4. The molecular formula is C27H25F7N2O4S. The number of carbonyl (C=O) groups is 1. The first-order valence-electron chi connectivity index (χ1n) is 12.4. The standard InChI is InChI=1S/C27H25F7N2O4S/c1-2-41(39,40)18-7-8-20-17(15-18)11-14-35-22(20)23(37)36-24(25(38,26(29,30)31)27(32,33)34)12-9-16(10-13-24)19-5-3-4-6-21(19)28/h3-10,12,15,22,35,38H,2,11,13-14H2,1H3,(H,36,37). The summed E-state index contributed by atoms with van der Waals surface area (Å²) in [7, 11) is -3.63. The Morgan fingerprint density at radius 1 is 1.10 bits per heavy atom. The Hall–Kier alpha value is -3.23. The van der Waals surface area contributed by atoms with Gasteiger partial charge in [-0.3, -0.25) is 4.79 Å². The summed E-state index contributed by atoms with van der Waals surface area (Å²) in [5, 5.41) is 15.0. The second-order valence-electron chi connectivity index (χ2n) is 9.74. The van der Waals surface area contributed by atoms with Crippen LogP contribution < -0.4 is 10.6 Å². The van der Waals surface area contributed by atoms with Gasteiger partial charge in [0.25, 0.3) is 5.60 Å². The highest BCUT2D eigenvalue weighted by Gasteiger charge is 2.79. The third-order valence-electron chi connectivity index (χ3n) is 7.36. The summed E-state index contributed by atoms with van der Waals surface area (Å²) in [5.41, 5.74) is -8.54. The molecule has 1 aliphatic carbocycles. The van der Waals surface area contributed by atoms with Crippen LogP contribution in [0.1, 0.15) is 36.1 Å². The van der Waals surface area contributed by atoms with E-state index in [0.29, 0.717) is 11.6 Å².